The Kier molecular flexibility index (Phi) is 5.54. The molecule has 0 aliphatic rings. The highest BCUT2D eigenvalue weighted by molar-refractivity contribution is 9.10. The van der Waals surface area contributed by atoms with Crippen LogP contribution >= 0.6 is 15.9 Å². The van der Waals surface area contributed by atoms with Crippen molar-refractivity contribution in [3.63, 3.8) is 0 Å². The summed E-state index contributed by atoms with van der Waals surface area (Å²) >= 11 is 3.54. The van der Waals surface area contributed by atoms with Gasteiger partial charge in [-0.2, -0.15) is 0 Å². The Morgan fingerprint density at radius 3 is 2.50 bits per heavy atom. The molecular formula is C19H21BrO4. The third kappa shape index (κ3) is 4.29. The Morgan fingerprint density at radius 1 is 1.21 bits per heavy atom. The van der Waals surface area contributed by atoms with Gasteiger partial charge in [-0.3, -0.25) is 0 Å². The van der Waals surface area contributed by atoms with Gasteiger partial charge in [-0.1, -0.05) is 32.9 Å². The van der Waals surface area contributed by atoms with Gasteiger partial charge in [-0.05, 0) is 51.2 Å². The van der Waals surface area contributed by atoms with Gasteiger partial charge >= 0.3 is 5.97 Å². The maximum absolute atomic E-state index is 11.1. The predicted molar refractivity (Wildman–Crippen MR) is 97.1 cm³/mol. The number of carboxylic acid groups (broad SMARTS) is 1. The molecule has 2 rings (SSSR count). The van der Waals surface area contributed by atoms with Gasteiger partial charge < -0.3 is 14.6 Å². The molecule has 2 aromatic rings. The Morgan fingerprint density at radius 2 is 1.92 bits per heavy atom. The molecule has 1 N–H and O–H groups in total. The first kappa shape index (κ1) is 18.3. The largest absolute Gasteiger partial charge is 0.497 e. The monoisotopic (exact) mass is 392 g/mol. The lowest BCUT2D eigenvalue weighted by Crippen LogP contribution is -2.14. The van der Waals surface area contributed by atoms with E-state index in [1.165, 1.54) is 0 Å². The van der Waals surface area contributed by atoms with Crippen LogP contribution in [0.15, 0.2) is 40.9 Å². The van der Waals surface area contributed by atoms with E-state index in [1.807, 2.05) is 18.2 Å². The molecule has 128 valence electrons. The summed E-state index contributed by atoms with van der Waals surface area (Å²) in [7, 11) is 1.63. The minimum Gasteiger partial charge on any atom is -0.497 e. The first-order chi connectivity index (χ1) is 11.2. The summed E-state index contributed by atoms with van der Waals surface area (Å²) in [5.41, 5.74) is 1.94. The molecule has 0 spiro atoms. The van der Waals surface area contributed by atoms with Gasteiger partial charge in [0.05, 0.1) is 17.1 Å². The predicted octanol–water partition coefficient (Wildman–Crippen LogP) is 5.03. The fourth-order valence-electron chi connectivity index (χ4n) is 2.34. The van der Waals surface area contributed by atoms with Crippen molar-refractivity contribution < 1.29 is 19.4 Å². The summed E-state index contributed by atoms with van der Waals surface area (Å²) in [5, 5.41) is 9.08. The van der Waals surface area contributed by atoms with E-state index in [-0.39, 0.29) is 17.6 Å². The van der Waals surface area contributed by atoms with Crippen LogP contribution in [-0.2, 0) is 12.0 Å². The van der Waals surface area contributed by atoms with Crippen LogP contribution in [0.4, 0.5) is 0 Å². The summed E-state index contributed by atoms with van der Waals surface area (Å²) in [5.74, 6) is 0.550. The molecular weight excluding hydrogens is 372 g/mol. The van der Waals surface area contributed by atoms with Crippen molar-refractivity contribution in [2.45, 2.75) is 32.8 Å². The summed E-state index contributed by atoms with van der Waals surface area (Å²) in [4.78, 5) is 11.1. The van der Waals surface area contributed by atoms with Crippen LogP contribution < -0.4 is 9.47 Å². The summed E-state index contributed by atoms with van der Waals surface area (Å²) in [6, 6.07) is 10.6. The third-order valence-corrected chi connectivity index (χ3v) is 4.21. The molecule has 0 fully saturated rings. The van der Waals surface area contributed by atoms with E-state index >= 15 is 0 Å². The average molecular weight is 393 g/mol. The molecule has 0 bridgehead atoms. The molecule has 0 amide bonds. The van der Waals surface area contributed by atoms with E-state index in [0.29, 0.717) is 0 Å². The minimum absolute atomic E-state index is 0.130. The van der Waals surface area contributed by atoms with Crippen molar-refractivity contribution in [1.29, 1.82) is 0 Å². The second-order valence-electron chi connectivity index (χ2n) is 6.53. The third-order valence-electron chi connectivity index (χ3n) is 3.62. The quantitative estimate of drug-likeness (QED) is 0.774. The Hall–Kier alpha value is -2.01. The molecule has 24 heavy (non-hydrogen) atoms. The Balaban J connectivity index is 2.32. The first-order valence-electron chi connectivity index (χ1n) is 7.55. The molecule has 2 aromatic carbocycles. The number of carbonyl (C=O) groups is 1. The number of carboxylic acids is 1. The molecule has 5 heteroatoms. The zero-order valence-corrected chi connectivity index (χ0v) is 15.8. The lowest BCUT2D eigenvalue weighted by atomic mass is 9.86. The number of hydrogen-bond acceptors (Lipinski definition) is 3. The smallest absolute Gasteiger partial charge is 0.335 e. The van der Waals surface area contributed by atoms with Crippen LogP contribution in [0.5, 0.6) is 11.5 Å². The molecule has 0 aliphatic carbocycles. The van der Waals surface area contributed by atoms with E-state index < -0.39 is 5.97 Å². The molecule has 0 aliphatic heterocycles. The summed E-state index contributed by atoms with van der Waals surface area (Å²) < 4.78 is 12.2. The molecule has 0 radical (unpaired) electrons. The number of ether oxygens (including phenoxy) is 2. The molecule has 0 aromatic heterocycles. The van der Waals surface area contributed by atoms with Crippen molar-refractivity contribution >= 4 is 21.9 Å². The summed E-state index contributed by atoms with van der Waals surface area (Å²) in [6.07, 6.45) is 0. The number of aromatic carboxylic acids is 1. The number of hydrogen-bond donors (Lipinski definition) is 1. The van der Waals surface area contributed by atoms with Crippen molar-refractivity contribution in [1.82, 2.24) is 0 Å². The zero-order chi connectivity index (χ0) is 17.9. The normalized spacial score (nSPS) is 11.2. The van der Waals surface area contributed by atoms with E-state index in [9.17, 15) is 4.79 Å². The van der Waals surface area contributed by atoms with Gasteiger partial charge in [0, 0.05) is 5.56 Å². The van der Waals surface area contributed by atoms with Crippen molar-refractivity contribution in [3.05, 3.63) is 57.6 Å². The number of methoxy groups -OCH3 is 1. The van der Waals surface area contributed by atoms with Crippen LogP contribution in [0.3, 0.4) is 0 Å². The Labute approximate surface area is 150 Å². The van der Waals surface area contributed by atoms with E-state index in [2.05, 4.69) is 36.7 Å². The number of benzene rings is 2. The lowest BCUT2D eigenvalue weighted by Gasteiger charge is -2.24. The van der Waals surface area contributed by atoms with Crippen LogP contribution in [0.25, 0.3) is 0 Å². The molecule has 0 saturated carbocycles. The fraction of sp³-hybridized carbons (Fsp3) is 0.316. The van der Waals surface area contributed by atoms with Crippen LogP contribution in [0.2, 0.25) is 0 Å². The van der Waals surface area contributed by atoms with Gasteiger partial charge in [0.15, 0.2) is 0 Å². The number of halogens is 1. The van der Waals surface area contributed by atoms with Crippen molar-refractivity contribution in [3.8, 4) is 11.5 Å². The standard InChI is InChI=1S/C19H21BrO4/c1-19(2,3)15-9-14(23-4)10-16(20)17(15)24-11-12-6-5-7-13(8-12)18(21)22/h5-10H,11H2,1-4H3,(H,21,22). The number of rotatable bonds is 5. The van der Waals surface area contributed by atoms with E-state index in [4.69, 9.17) is 14.6 Å². The highest BCUT2D eigenvalue weighted by Crippen LogP contribution is 2.40. The van der Waals surface area contributed by atoms with Crippen LogP contribution in [0, 0.1) is 0 Å². The van der Waals surface area contributed by atoms with Crippen molar-refractivity contribution in [2.75, 3.05) is 7.11 Å². The van der Waals surface area contributed by atoms with Gasteiger partial charge in [-0.15, -0.1) is 0 Å². The van der Waals surface area contributed by atoms with Gasteiger partial charge in [0.1, 0.15) is 18.1 Å². The average Bonchev–Trinajstić information content (AvgIpc) is 2.52. The van der Waals surface area contributed by atoms with E-state index in [1.54, 1.807) is 25.3 Å². The molecule has 0 saturated heterocycles. The first-order valence-corrected chi connectivity index (χ1v) is 8.34. The van der Waals surface area contributed by atoms with Gasteiger partial charge in [0.2, 0.25) is 0 Å². The summed E-state index contributed by atoms with van der Waals surface area (Å²) in [6.45, 7) is 6.60. The maximum atomic E-state index is 11.1. The molecule has 0 unspecified atom stereocenters. The van der Waals surface area contributed by atoms with Crippen molar-refractivity contribution in [2.24, 2.45) is 0 Å². The molecule has 4 nitrogen and oxygen atoms in total. The topological polar surface area (TPSA) is 55.8 Å². The maximum Gasteiger partial charge on any atom is 0.335 e. The molecule has 0 heterocycles. The van der Waals surface area contributed by atoms with Crippen LogP contribution in [-0.4, -0.2) is 18.2 Å². The molecule has 0 atom stereocenters. The van der Waals surface area contributed by atoms with Gasteiger partial charge in [-0.25, -0.2) is 4.79 Å². The zero-order valence-electron chi connectivity index (χ0n) is 14.2. The highest BCUT2D eigenvalue weighted by Gasteiger charge is 2.22. The second kappa shape index (κ2) is 7.26. The SMILES string of the molecule is COc1cc(Br)c(OCc2cccc(C(=O)O)c2)c(C(C)(C)C)c1. The van der Waals surface area contributed by atoms with Gasteiger partial charge in [0.25, 0.3) is 0 Å². The highest BCUT2D eigenvalue weighted by atomic mass is 79.9. The fourth-order valence-corrected chi connectivity index (χ4v) is 2.89. The van der Waals surface area contributed by atoms with Crippen LogP contribution in [0.1, 0.15) is 42.3 Å². The minimum atomic E-state index is -0.946. The lowest BCUT2D eigenvalue weighted by molar-refractivity contribution is 0.0696. The van der Waals surface area contributed by atoms with E-state index in [0.717, 1.165) is 27.1 Å². The second-order valence-corrected chi connectivity index (χ2v) is 7.38. The Bertz CT molecular complexity index is 748.